The molecule has 1 atom stereocenters. The number of hydrogen-bond donors (Lipinski definition) is 3. The van der Waals surface area contributed by atoms with Crippen LogP contribution in [0.1, 0.15) is 40.4 Å². The molecular weight excluding hydrogens is 292 g/mol. The number of carbonyl (C=O) groups excluding carboxylic acids is 1. The van der Waals surface area contributed by atoms with Crippen molar-refractivity contribution in [2.45, 2.75) is 31.8 Å². The topological polar surface area (TPSA) is 80.0 Å². The van der Waals surface area contributed by atoms with Crippen molar-refractivity contribution in [3.63, 3.8) is 0 Å². The van der Waals surface area contributed by atoms with E-state index in [9.17, 15) is 4.79 Å². The summed E-state index contributed by atoms with van der Waals surface area (Å²) in [5.74, 6) is 0.138. The number of nitrogens with one attached hydrogen (secondary N) is 2. The second-order valence-corrected chi connectivity index (χ2v) is 6.84. The molecule has 1 aliphatic rings. The van der Waals surface area contributed by atoms with Crippen LogP contribution in [0.2, 0.25) is 0 Å². The number of rotatable bonds is 5. The molecule has 7 heteroatoms. The van der Waals surface area contributed by atoms with Gasteiger partial charge in [-0.3, -0.25) is 4.79 Å². The fourth-order valence-corrected chi connectivity index (χ4v) is 3.43. The Labute approximate surface area is 125 Å². The molecule has 0 saturated heterocycles. The summed E-state index contributed by atoms with van der Waals surface area (Å²) >= 11 is 2.94. The standard InChI is InChI=1S/C13H16N4OS2/c1-7(9-3-2-6-19-9)15-12(18)10-11(14)17-13(20-10)16-8-4-5-8/h2-3,6-8H,4-5,14H2,1H3,(H,15,18)(H,16,17). The summed E-state index contributed by atoms with van der Waals surface area (Å²) in [7, 11) is 0. The summed E-state index contributed by atoms with van der Waals surface area (Å²) in [6.45, 7) is 1.96. The highest BCUT2D eigenvalue weighted by atomic mass is 32.1. The Kier molecular flexibility index (Phi) is 3.62. The number of anilines is 2. The smallest absolute Gasteiger partial charge is 0.265 e. The van der Waals surface area contributed by atoms with Crippen molar-refractivity contribution < 1.29 is 4.79 Å². The van der Waals surface area contributed by atoms with Gasteiger partial charge in [0.05, 0.1) is 6.04 Å². The SMILES string of the molecule is CC(NC(=O)c1sc(NC2CC2)nc1N)c1cccs1. The Morgan fingerprint density at radius 2 is 2.35 bits per heavy atom. The average molecular weight is 308 g/mol. The van der Waals surface area contributed by atoms with E-state index in [1.54, 1.807) is 11.3 Å². The second-order valence-electron chi connectivity index (χ2n) is 4.86. The lowest BCUT2D eigenvalue weighted by Crippen LogP contribution is -2.26. The van der Waals surface area contributed by atoms with Crippen LogP contribution in [0.4, 0.5) is 10.9 Å². The van der Waals surface area contributed by atoms with E-state index in [2.05, 4.69) is 15.6 Å². The minimum atomic E-state index is -0.162. The molecule has 20 heavy (non-hydrogen) atoms. The maximum Gasteiger partial charge on any atom is 0.265 e. The van der Waals surface area contributed by atoms with E-state index in [1.807, 2.05) is 24.4 Å². The first-order valence-corrected chi connectivity index (χ1v) is 8.20. The van der Waals surface area contributed by atoms with Crippen LogP contribution in [0.25, 0.3) is 0 Å². The van der Waals surface area contributed by atoms with Crippen LogP contribution in [-0.2, 0) is 0 Å². The van der Waals surface area contributed by atoms with Crippen LogP contribution in [0.3, 0.4) is 0 Å². The lowest BCUT2D eigenvalue weighted by molar-refractivity contribution is 0.0945. The van der Waals surface area contributed by atoms with E-state index in [0.29, 0.717) is 16.7 Å². The fraction of sp³-hybridized carbons (Fsp3) is 0.385. The zero-order chi connectivity index (χ0) is 14.1. The number of thiophene rings is 1. The molecule has 2 aromatic heterocycles. The summed E-state index contributed by atoms with van der Waals surface area (Å²) in [5, 5.41) is 8.95. The number of nitrogens with zero attached hydrogens (tertiary/aromatic N) is 1. The van der Waals surface area contributed by atoms with Gasteiger partial charge in [0.1, 0.15) is 10.7 Å². The molecule has 0 aliphatic heterocycles. The average Bonchev–Trinajstić information content (AvgIpc) is 2.92. The number of carbonyl (C=O) groups is 1. The third kappa shape index (κ3) is 2.94. The van der Waals surface area contributed by atoms with Gasteiger partial charge in [-0.15, -0.1) is 11.3 Å². The molecule has 1 aliphatic carbocycles. The van der Waals surface area contributed by atoms with Gasteiger partial charge in [0, 0.05) is 10.9 Å². The van der Waals surface area contributed by atoms with E-state index in [0.717, 1.165) is 22.9 Å². The molecule has 0 spiro atoms. The van der Waals surface area contributed by atoms with Gasteiger partial charge in [0.2, 0.25) is 0 Å². The third-order valence-corrected chi connectivity index (χ3v) is 5.14. The first-order chi connectivity index (χ1) is 9.63. The van der Waals surface area contributed by atoms with Crippen molar-refractivity contribution in [2.75, 3.05) is 11.1 Å². The Morgan fingerprint density at radius 3 is 3.00 bits per heavy atom. The highest BCUT2D eigenvalue weighted by Crippen LogP contribution is 2.31. The highest BCUT2D eigenvalue weighted by molar-refractivity contribution is 7.18. The number of nitrogens with two attached hydrogens (primary N) is 1. The first-order valence-electron chi connectivity index (χ1n) is 6.50. The third-order valence-electron chi connectivity index (χ3n) is 3.08. The van der Waals surface area contributed by atoms with Gasteiger partial charge in [-0.1, -0.05) is 17.4 Å². The van der Waals surface area contributed by atoms with Crippen LogP contribution in [0, 0.1) is 0 Å². The van der Waals surface area contributed by atoms with Crippen molar-refractivity contribution in [2.24, 2.45) is 0 Å². The Morgan fingerprint density at radius 1 is 1.55 bits per heavy atom. The Balaban J connectivity index is 1.68. The molecule has 1 saturated carbocycles. The number of thiazole rings is 1. The summed E-state index contributed by atoms with van der Waals surface area (Å²) in [6, 6.07) is 4.46. The molecule has 3 rings (SSSR count). The number of hydrogen-bond acceptors (Lipinski definition) is 6. The predicted octanol–water partition coefficient (Wildman–Crippen LogP) is 2.85. The molecule has 0 aromatic carbocycles. The van der Waals surface area contributed by atoms with Gasteiger partial charge in [0.25, 0.3) is 5.91 Å². The van der Waals surface area contributed by atoms with Crippen LogP contribution in [-0.4, -0.2) is 16.9 Å². The number of amides is 1. The van der Waals surface area contributed by atoms with E-state index >= 15 is 0 Å². The predicted molar refractivity (Wildman–Crippen MR) is 83.4 cm³/mol. The molecule has 106 valence electrons. The van der Waals surface area contributed by atoms with Crippen LogP contribution >= 0.6 is 22.7 Å². The minimum absolute atomic E-state index is 0.0242. The van der Waals surface area contributed by atoms with Gasteiger partial charge in [-0.2, -0.15) is 0 Å². The van der Waals surface area contributed by atoms with Gasteiger partial charge in [-0.05, 0) is 31.2 Å². The first kappa shape index (κ1) is 13.4. The Hall–Kier alpha value is -1.60. The van der Waals surface area contributed by atoms with E-state index in [-0.39, 0.29) is 11.9 Å². The molecule has 0 bridgehead atoms. The molecular formula is C13H16N4OS2. The number of nitrogen functional groups attached to an aromatic ring is 1. The van der Waals surface area contributed by atoms with E-state index in [4.69, 9.17) is 5.73 Å². The van der Waals surface area contributed by atoms with Crippen molar-refractivity contribution >= 4 is 39.5 Å². The summed E-state index contributed by atoms with van der Waals surface area (Å²) in [4.78, 5) is 18.1. The van der Waals surface area contributed by atoms with Gasteiger partial charge >= 0.3 is 0 Å². The molecule has 2 heterocycles. The minimum Gasteiger partial charge on any atom is -0.382 e. The zero-order valence-electron chi connectivity index (χ0n) is 11.1. The second kappa shape index (κ2) is 5.41. The summed E-state index contributed by atoms with van der Waals surface area (Å²) in [6.07, 6.45) is 2.33. The molecule has 4 N–H and O–H groups in total. The van der Waals surface area contributed by atoms with Crippen molar-refractivity contribution in [1.82, 2.24) is 10.3 Å². The van der Waals surface area contributed by atoms with Crippen molar-refractivity contribution in [3.05, 3.63) is 27.3 Å². The van der Waals surface area contributed by atoms with Crippen LogP contribution in [0.15, 0.2) is 17.5 Å². The van der Waals surface area contributed by atoms with Crippen LogP contribution in [0.5, 0.6) is 0 Å². The highest BCUT2D eigenvalue weighted by Gasteiger charge is 2.24. The largest absolute Gasteiger partial charge is 0.382 e. The number of aromatic nitrogens is 1. The molecule has 2 aromatic rings. The zero-order valence-corrected chi connectivity index (χ0v) is 12.7. The maximum absolute atomic E-state index is 12.2. The quantitative estimate of drug-likeness (QED) is 0.793. The fourth-order valence-electron chi connectivity index (χ4n) is 1.83. The van der Waals surface area contributed by atoms with E-state index in [1.165, 1.54) is 11.3 Å². The molecule has 1 unspecified atom stereocenters. The molecule has 1 amide bonds. The lowest BCUT2D eigenvalue weighted by atomic mass is 10.2. The van der Waals surface area contributed by atoms with E-state index < -0.39 is 0 Å². The molecule has 0 radical (unpaired) electrons. The Bertz CT molecular complexity index is 604. The normalized spacial score (nSPS) is 15.8. The van der Waals surface area contributed by atoms with Crippen molar-refractivity contribution in [1.29, 1.82) is 0 Å². The van der Waals surface area contributed by atoms with Gasteiger partial charge in [0.15, 0.2) is 5.13 Å². The molecule has 5 nitrogen and oxygen atoms in total. The monoisotopic (exact) mass is 308 g/mol. The summed E-state index contributed by atoms with van der Waals surface area (Å²) < 4.78 is 0. The summed E-state index contributed by atoms with van der Waals surface area (Å²) in [5.41, 5.74) is 5.83. The van der Waals surface area contributed by atoms with Crippen LogP contribution < -0.4 is 16.4 Å². The maximum atomic E-state index is 12.2. The van der Waals surface area contributed by atoms with Crippen molar-refractivity contribution in [3.8, 4) is 0 Å². The van der Waals surface area contributed by atoms with Gasteiger partial charge in [-0.25, -0.2) is 4.98 Å². The van der Waals surface area contributed by atoms with Gasteiger partial charge < -0.3 is 16.4 Å². The molecule has 1 fully saturated rings. The lowest BCUT2D eigenvalue weighted by Gasteiger charge is -2.11.